The largest absolute Gasteiger partial charge is 0.465 e. The predicted molar refractivity (Wildman–Crippen MR) is 86.9 cm³/mol. The zero-order valence-corrected chi connectivity index (χ0v) is 14.3. The quantitative estimate of drug-likeness (QED) is 0.450. The molecule has 3 rings (SSSR count). The number of carbonyl (C=O) groups is 3. The molecule has 0 aromatic heterocycles. The highest BCUT2D eigenvalue weighted by Crippen LogP contribution is 2.65. The number of carbonyl (C=O) groups excluding carboxylic acids is 3. The fourth-order valence-electron chi connectivity index (χ4n) is 4.95. The van der Waals surface area contributed by atoms with E-state index in [-0.39, 0.29) is 31.3 Å². The molecule has 0 heterocycles. The molecular formula is C19H24O5. The van der Waals surface area contributed by atoms with Crippen molar-refractivity contribution < 1.29 is 23.9 Å². The standard InChI is InChI=1S/C19H24O5/c1-4-23-16(21)19(17(22)24-5-2)11-12(3)18-10-6-7-13(15(18)20)8-9-14(18)19/h6-7,13-14H,3-5,8-11H2,1-2H3/t13-,14-,18-/m1/s1. The normalized spacial score (nSPS) is 33.1. The lowest BCUT2D eigenvalue weighted by Crippen LogP contribution is -2.54. The van der Waals surface area contributed by atoms with Crippen LogP contribution in [0.4, 0.5) is 0 Å². The van der Waals surface area contributed by atoms with E-state index in [1.807, 2.05) is 12.2 Å². The first-order valence-electron chi connectivity index (χ1n) is 8.68. The second-order valence-electron chi connectivity index (χ2n) is 6.90. The van der Waals surface area contributed by atoms with Crippen molar-refractivity contribution in [3.63, 3.8) is 0 Å². The van der Waals surface area contributed by atoms with Gasteiger partial charge in [-0.3, -0.25) is 14.4 Å². The molecule has 2 bridgehead atoms. The first-order valence-corrected chi connectivity index (χ1v) is 8.68. The van der Waals surface area contributed by atoms with Crippen LogP contribution in [0.25, 0.3) is 0 Å². The van der Waals surface area contributed by atoms with Crippen LogP contribution < -0.4 is 0 Å². The van der Waals surface area contributed by atoms with Gasteiger partial charge in [0.15, 0.2) is 11.2 Å². The molecule has 0 unspecified atom stereocenters. The topological polar surface area (TPSA) is 69.7 Å². The molecule has 2 saturated carbocycles. The zero-order chi connectivity index (χ0) is 17.5. The van der Waals surface area contributed by atoms with Crippen LogP contribution in [0.2, 0.25) is 0 Å². The molecule has 0 aromatic rings. The van der Waals surface area contributed by atoms with Crippen molar-refractivity contribution in [1.29, 1.82) is 0 Å². The van der Waals surface area contributed by atoms with Crippen LogP contribution in [0.15, 0.2) is 24.3 Å². The maximum absolute atomic E-state index is 13.1. The maximum atomic E-state index is 13.1. The highest BCUT2D eigenvalue weighted by molar-refractivity contribution is 6.05. The summed E-state index contributed by atoms with van der Waals surface area (Å²) in [6, 6.07) is 0. The van der Waals surface area contributed by atoms with Gasteiger partial charge in [0.05, 0.1) is 18.6 Å². The van der Waals surface area contributed by atoms with Crippen LogP contribution in [0.1, 0.15) is 39.5 Å². The van der Waals surface area contributed by atoms with E-state index in [1.54, 1.807) is 13.8 Å². The molecule has 3 aliphatic rings. The Kier molecular flexibility index (Phi) is 4.14. The van der Waals surface area contributed by atoms with Crippen molar-refractivity contribution in [1.82, 2.24) is 0 Å². The lowest BCUT2D eigenvalue weighted by molar-refractivity contribution is -0.178. The zero-order valence-electron chi connectivity index (χ0n) is 14.3. The molecule has 0 N–H and O–H groups in total. The minimum absolute atomic E-state index is 0.0988. The summed E-state index contributed by atoms with van der Waals surface area (Å²) in [4.78, 5) is 38.8. The lowest BCUT2D eigenvalue weighted by Gasteiger charge is -2.46. The number of allylic oxidation sites excluding steroid dienone is 3. The van der Waals surface area contributed by atoms with Gasteiger partial charge in [-0.2, -0.15) is 0 Å². The number of ether oxygens (including phenoxy) is 2. The van der Waals surface area contributed by atoms with E-state index >= 15 is 0 Å². The van der Waals surface area contributed by atoms with Crippen LogP contribution >= 0.6 is 0 Å². The molecule has 130 valence electrons. The Hall–Kier alpha value is -1.91. The summed E-state index contributed by atoms with van der Waals surface area (Å²) in [6.45, 7) is 7.90. The fraction of sp³-hybridized carbons (Fsp3) is 0.632. The average molecular weight is 332 g/mol. The van der Waals surface area contributed by atoms with Gasteiger partial charge in [-0.25, -0.2) is 0 Å². The van der Waals surface area contributed by atoms with Gasteiger partial charge in [0.1, 0.15) is 0 Å². The molecule has 0 radical (unpaired) electrons. The molecule has 2 fully saturated rings. The number of fused-ring (bicyclic) bond motifs is 1. The third-order valence-electron chi connectivity index (χ3n) is 5.94. The lowest BCUT2D eigenvalue weighted by atomic mass is 9.55. The smallest absolute Gasteiger partial charge is 0.324 e. The van der Waals surface area contributed by atoms with Crippen molar-refractivity contribution in [3.05, 3.63) is 24.3 Å². The number of esters is 2. The van der Waals surface area contributed by atoms with E-state index in [9.17, 15) is 14.4 Å². The molecule has 3 aliphatic carbocycles. The van der Waals surface area contributed by atoms with E-state index < -0.39 is 28.7 Å². The average Bonchev–Trinajstić information content (AvgIpc) is 2.78. The number of hydrogen-bond donors (Lipinski definition) is 0. The van der Waals surface area contributed by atoms with Crippen LogP contribution in [0, 0.1) is 22.7 Å². The Morgan fingerprint density at radius 1 is 1.21 bits per heavy atom. The minimum Gasteiger partial charge on any atom is -0.465 e. The van der Waals surface area contributed by atoms with Crippen LogP contribution in [-0.4, -0.2) is 30.9 Å². The van der Waals surface area contributed by atoms with Gasteiger partial charge in [-0.15, -0.1) is 0 Å². The fourth-order valence-corrected chi connectivity index (χ4v) is 4.95. The molecule has 0 aromatic carbocycles. The maximum Gasteiger partial charge on any atom is 0.324 e. The highest BCUT2D eigenvalue weighted by atomic mass is 16.6. The summed E-state index contributed by atoms with van der Waals surface area (Å²) in [5.74, 6) is -1.61. The minimum atomic E-state index is -1.44. The van der Waals surface area contributed by atoms with E-state index in [2.05, 4.69) is 6.58 Å². The third kappa shape index (κ3) is 1.96. The number of ketones is 1. The predicted octanol–water partition coefficient (Wildman–Crippen LogP) is 2.60. The summed E-state index contributed by atoms with van der Waals surface area (Å²) in [6.07, 6.45) is 5.86. The molecule has 0 saturated heterocycles. The first-order chi connectivity index (χ1) is 11.4. The Morgan fingerprint density at radius 2 is 1.83 bits per heavy atom. The number of Topliss-reactive ketones (excluding diaryl/α,β-unsaturated/α-hetero) is 1. The monoisotopic (exact) mass is 332 g/mol. The van der Waals surface area contributed by atoms with E-state index in [0.717, 1.165) is 0 Å². The molecule has 5 nitrogen and oxygen atoms in total. The molecule has 0 amide bonds. The Morgan fingerprint density at radius 3 is 2.42 bits per heavy atom. The van der Waals surface area contributed by atoms with Crippen molar-refractivity contribution in [2.75, 3.05) is 13.2 Å². The molecule has 3 atom stereocenters. The number of hydrogen-bond acceptors (Lipinski definition) is 5. The molecule has 24 heavy (non-hydrogen) atoms. The summed E-state index contributed by atoms with van der Waals surface area (Å²) in [5.41, 5.74) is -1.58. The Labute approximate surface area is 142 Å². The number of rotatable bonds is 4. The van der Waals surface area contributed by atoms with Gasteiger partial charge in [0.2, 0.25) is 0 Å². The van der Waals surface area contributed by atoms with Gasteiger partial charge in [-0.05, 0) is 39.5 Å². The molecule has 0 aliphatic heterocycles. The van der Waals surface area contributed by atoms with Crippen LogP contribution in [-0.2, 0) is 23.9 Å². The van der Waals surface area contributed by atoms with E-state index in [1.165, 1.54) is 0 Å². The van der Waals surface area contributed by atoms with Crippen LogP contribution in [0.5, 0.6) is 0 Å². The summed E-state index contributed by atoms with van der Waals surface area (Å²) < 4.78 is 10.5. The van der Waals surface area contributed by atoms with E-state index in [4.69, 9.17) is 9.47 Å². The summed E-state index contributed by atoms with van der Waals surface area (Å²) in [7, 11) is 0. The second kappa shape index (κ2) is 5.87. The summed E-state index contributed by atoms with van der Waals surface area (Å²) >= 11 is 0. The van der Waals surface area contributed by atoms with Gasteiger partial charge < -0.3 is 9.47 Å². The Bertz CT molecular complexity index is 614. The van der Waals surface area contributed by atoms with Gasteiger partial charge >= 0.3 is 11.9 Å². The molecule has 5 heteroatoms. The van der Waals surface area contributed by atoms with Crippen molar-refractivity contribution in [3.8, 4) is 0 Å². The van der Waals surface area contributed by atoms with Gasteiger partial charge in [0.25, 0.3) is 0 Å². The van der Waals surface area contributed by atoms with Gasteiger partial charge in [0, 0.05) is 11.8 Å². The van der Waals surface area contributed by atoms with Crippen molar-refractivity contribution in [2.24, 2.45) is 22.7 Å². The van der Waals surface area contributed by atoms with Crippen molar-refractivity contribution >= 4 is 17.7 Å². The third-order valence-corrected chi connectivity index (χ3v) is 5.94. The van der Waals surface area contributed by atoms with Crippen molar-refractivity contribution in [2.45, 2.75) is 39.5 Å². The molecular weight excluding hydrogens is 308 g/mol. The highest BCUT2D eigenvalue weighted by Gasteiger charge is 2.71. The van der Waals surface area contributed by atoms with E-state index in [0.29, 0.717) is 24.8 Å². The Balaban J connectivity index is 2.13. The molecule has 1 spiro atoms. The SMILES string of the molecule is C=C1CC(C(=O)OCC)(C(=O)OCC)[C@@H]2CC[C@H]3C=CC[C@@]12C3=O. The second-order valence-corrected chi connectivity index (χ2v) is 6.90. The van der Waals surface area contributed by atoms with Crippen LogP contribution in [0.3, 0.4) is 0 Å². The first kappa shape index (κ1) is 16.9. The van der Waals surface area contributed by atoms with Gasteiger partial charge in [-0.1, -0.05) is 24.3 Å². The summed E-state index contributed by atoms with van der Waals surface area (Å²) in [5, 5.41) is 0.